The highest BCUT2D eigenvalue weighted by atomic mass is 32.2. The van der Waals surface area contributed by atoms with Gasteiger partial charge in [0, 0.05) is 30.8 Å². The molecule has 1 aliphatic heterocycles. The number of rotatable bonds is 5. The normalized spacial score (nSPS) is 16.7. The highest BCUT2D eigenvalue weighted by molar-refractivity contribution is 7.88. The Morgan fingerprint density at radius 3 is 2.57 bits per heavy atom. The Morgan fingerprint density at radius 1 is 1.30 bits per heavy atom. The summed E-state index contributed by atoms with van der Waals surface area (Å²) >= 11 is 0. The van der Waals surface area contributed by atoms with Gasteiger partial charge in [-0.05, 0) is 25.0 Å². The van der Waals surface area contributed by atoms with E-state index in [0.29, 0.717) is 31.7 Å². The van der Waals surface area contributed by atoms with E-state index in [9.17, 15) is 13.2 Å². The average molecular weight is 338 g/mol. The van der Waals surface area contributed by atoms with Crippen molar-refractivity contribution < 1.29 is 17.9 Å². The number of piperidine rings is 1. The summed E-state index contributed by atoms with van der Waals surface area (Å²) in [6.45, 7) is 1.09. The summed E-state index contributed by atoms with van der Waals surface area (Å²) in [6, 6.07) is 7.39. The van der Waals surface area contributed by atoms with Gasteiger partial charge in [0.15, 0.2) is 0 Å². The molecule has 1 heterocycles. The molecule has 0 atom stereocenters. The molecular formula is C16H22N2O4S. The van der Waals surface area contributed by atoms with E-state index in [0.717, 1.165) is 11.8 Å². The maximum Gasteiger partial charge on any atom is 0.246 e. The minimum Gasteiger partial charge on any atom is -0.496 e. The van der Waals surface area contributed by atoms with Gasteiger partial charge in [0.25, 0.3) is 0 Å². The van der Waals surface area contributed by atoms with E-state index in [2.05, 4.69) is 4.72 Å². The lowest BCUT2D eigenvalue weighted by molar-refractivity contribution is -0.126. The number of sulfonamides is 1. The molecule has 0 radical (unpaired) electrons. The topological polar surface area (TPSA) is 75.7 Å². The molecule has 0 saturated carbocycles. The number of hydrogen-bond acceptors (Lipinski definition) is 4. The second-order valence-corrected chi connectivity index (χ2v) is 7.34. The number of nitrogens with zero attached hydrogens (tertiary/aromatic N) is 1. The minimum atomic E-state index is -3.20. The smallest absolute Gasteiger partial charge is 0.246 e. The molecular weight excluding hydrogens is 316 g/mol. The van der Waals surface area contributed by atoms with Crippen molar-refractivity contribution in [3.63, 3.8) is 0 Å². The molecule has 1 aromatic rings. The lowest BCUT2D eigenvalue weighted by atomic mass is 10.1. The van der Waals surface area contributed by atoms with Gasteiger partial charge >= 0.3 is 0 Å². The molecule has 1 amide bonds. The number of nitrogens with one attached hydrogen (secondary N) is 1. The van der Waals surface area contributed by atoms with Gasteiger partial charge in [-0.3, -0.25) is 4.79 Å². The van der Waals surface area contributed by atoms with Crippen LogP contribution < -0.4 is 9.46 Å². The fourth-order valence-electron chi connectivity index (χ4n) is 2.59. The van der Waals surface area contributed by atoms with Gasteiger partial charge in [0.05, 0.1) is 13.4 Å². The van der Waals surface area contributed by atoms with Crippen molar-refractivity contribution in [1.29, 1.82) is 0 Å². The van der Waals surface area contributed by atoms with Crippen molar-refractivity contribution in [2.24, 2.45) is 0 Å². The molecule has 7 heteroatoms. The average Bonchev–Trinajstić information content (AvgIpc) is 2.52. The summed E-state index contributed by atoms with van der Waals surface area (Å²) in [6.07, 6.45) is 5.67. The highest BCUT2D eigenvalue weighted by Gasteiger charge is 2.23. The molecule has 1 fully saturated rings. The zero-order valence-electron chi connectivity index (χ0n) is 13.4. The number of methoxy groups -OCH3 is 1. The van der Waals surface area contributed by atoms with Crippen LogP contribution in [0.15, 0.2) is 30.3 Å². The first-order chi connectivity index (χ1) is 10.9. The van der Waals surface area contributed by atoms with Crippen LogP contribution in [0.3, 0.4) is 0 Å². The van der Waals surface area contributed by atoms with Crippen LogP contribution in [0.2, 0.25) is 0 Å². The largest absolute Gasteiger partial charge is 0.496 e. The van der Waals surface area contributed by atoms with Gasteiger partial charge in [-0.25, -0.2) is 13.1 Å². The van der Waals surface area contributed by atoms with Crippen molar-refractivity contribution in [2.45, 2.75) is 18.9 Å². The van der Waals surface area contributed by atoms with Crippen LogP contribution in [0.4, 0.5) is 0 Å². The number of amides is 1. The Hall–Kier alpha value is -1.86. The number of carbonyl (C=O) groups is 1. The van der Waals surface area contributed by atoms with E-state index in [1.165, 1.54) is 6.08 Å². The number of hydrogen-bond donors (Lipinski definition) is 1. The lowest BCUT2D eigenvalue weighted by Crippen LogP contribution is -2.45. The first-order valence-electron chi connectivity index (χ1n) is 7.46. The second-order valence-electron chi connectivity index (χ2n) is 5.56. The molecule has 126 valence electrons. The van der Waals surface area contributed by atoms with Gasteiger partial charge in [0.1, 0.15) is 5.75 Å². The second kappa shape index (κ2) is 7.61. The summed E-state index contributed by atoms with van der Waals surface area (Å²) in [5, 5.41) is 0. The van der Waals surface area contributed by atoms with Crippen molar-refractivity contribution in [3.8, 4) is 5.75 Å². The van der Waals surface area contributed by atoms with Crippen LogP contribution in [-0.2, 0) is 14.8 Å². The summed E-state index contributed by atoms with van der Waals surface area (Å²) in [5.41, 5.74) is 0.844. The molecule has 1 N–H and O–H groups in total. The molecule has 0 unspecified atom stereocenters. The Morgan fingerprint density at radius 2 is 1.96 bits per heavy atom. The quantitative estimate of drug-likeness (QED) is 0.820. The number of ether oxygens (including phenoxy) is 1. The molecule has 0 aliphatic carbocycles. The highest BCUT2D eigenvalue weighted by Crippen LogP contribution is 2.19. The van der Waals surface area contributed by atoms with Crippen LogP contribution in [0, 0.1) is 0 Å². The molecule has 1 aliphatic rings. The van der Waals surface area contributed by atoms with Crippen LogP contribution >= 0.6 is 0 Å². The molecule has 1 aromatic carbocycles. The Balaban J connectivity index is 1.91. The number of likely N-dealkylation sites (tertiary alicyclic amines) is 1. The van der Waals surface area contributed by atoms with Gasteiger partial charge in [-0.2, -0.15) is 0 Å². The van der Waals surface area contributed by atoms with E-state index in [1.54, 1.807) is 18.1 Å². The van der Waals surface area contributed by atoms with E-state index in [1.807, 2.05) is 24.3 Å². The van der Waals surface area contributed by atoms with Gasteiger partial charge in [-0.15, -0.1) is 0 Å². The van der Waals surface area contributed by atoms with Crippen molar-refractivity contribution >= 4 is 22.0 Å². The fraction of sp³-hybridized carbons (Fsp3) is 0.438. The molecule has 6 nitrogen and oxygen atoms in total. The third kappa shape index (κ3) is 5.37. The van der Waals surface area contributed by atoms with E-state index < -0.39 is 10.0 Å². The summed E-state index contributed by atoms with van der Waals surface area (Å²) in [4.78, 5) is 14.0. The molecule has 1 saturated heterocycles. The maximum atomic E-state index is 12.2. The van der Waals surface area contributed by atoms with Crippen LogP contribution in [-0.4, -0.2) is 51.7 Å². The van der Waals surface area contributed by atoms with Crippen molar-refractivity contribution in [1.82, 2.24) is 9.62 Å². The first kappa shape index (κ1) is 17.5. The Kier molecular flexibility index (Phi) is 5.79. The first-order valence-corrected chi connectivity index (χ1v) is 9.35. The van der Waals surface area contributed by atoms with Gasteiger partial charge < -0.3 is 9.64 Å². The zero-order valence-corrected chi connectivity index (χ0v) is 14.2. The van der Waals surface area contributed by atoms with Gasteiger partial charge in [0.2, 0.25) is 15.9 Å². The zero-order chi connectivity index (χ0) is 16.9. The monoisotopic (exact) mass is 338 g/mol. The fourth-order valence-corrected chi connectivity index (χ4v) is 3.43. The van der Waals surface area contributed by atoms with Crippen LogP contribution in [0.5, 0.6) is 5.75 Å². The summed E-state index contributed by atoms with van der Waals surface area (Å²) in [5.74, 6) is 0.640. The third-order valence-corrected chi connectivity index (χ3v) is 4.49. The van der Waals surface area contributed by atoms with Crippen molar-refractivity contribution in [2.75, 3.05) is 26.5 Å². The van der Waals surface area contributed by atoms with E-state index in [-0.39, 0.29) is 11.9 Å². The maximum absolute atomic E-state index is 12.2. The Bertz CT molecular complexity index is 677. The summed E-state index contributed by atoms with van der Waals surface area (Å²) in [7, 11) is -1.61. The molecule has 23 heavy (non-hydrogen) atoms. The van der Waals surface area contributed by atoms with E-state index in [4.69, 9.17) is 4.74 Å². The molecule has 2 rings (SSSR count). The predicted molar refractivity (Wildman–Crippen MR) is 89.6 cm³/mol. The third-order valence-electron chi connectivity index (χ3n) is 3.73. The predicted octanol–water partition coefficient (Wildman–Crippen LogP) is 1.25. The van der Waals surface area contributed by atoms with Crippen LogP contribution in [0.25, 0.3) is 6.08 Å². The summed E-state index contributed by atoms with van der Waals surface area (Å²) < 4.78 is 30.3. The standard InChI is InChI=1S/C16H22N2O4S/c1-22-15-6-4-3-5-13(15)7-8-16(19)18-11-9-14(10-12-18)17-23(2,20)21/h3-8,14,17H,9-12H2,1-2H3/b8-7+. The van der Waals surface area contributed by atoms with Gasteiger partial charge in [-0.1, -0.05) is 18.2 Å². The lowest BCUT2D eigenvalue weighted by Gasteiger charge is -2.31. The number of benzene rings is 1. The van der Waals surface area contributed by atoms with Crippen molar-refractivity contribution in [3.05, 3.63) is 35.9 Å². The van der Waals surface area contributed by atoms with Crippen LogP contribution in [0.1, 0.15) is 18.4 Å². The molecule has 0 spiro atoms. The molecule has 0 bridgehead atoms. The SMILES string of the molecule is COc1ccccc1/C=C/C(=O)N1CCC(NS(C)(=O)=O)CC1. The Labute approximate surface area is 137 Å². The molecule has 0 aromatic heterocycles. The number of carbonyl (C=O) groups excluding carboxylic acids is 1. The van der Waals surface area contributed by atoms with E-state index >= 15 is 0 Å². The number of para-hydroxylation sites is 1. The minimum absolute atomic E-state index is 0.0753.